The molecule has 0 aliphatic heterocycles. The van der Waals surface area contributed by atoms with E-state index in [4.69, 9.17) is 4.74 Å². The van der Waals surface area contributed by atoms with E-state index in [1.807, 2.05) is 18.2 Å². The SMILES string of the molecule is COC(=O)c1ccccc1-n1nnnc1C1(N(C)C)CCCCC1. The molecule has 1 aliphatic carbocycles. The Kier molecular flexibility index (Phi) is 4.62. The van der Waals surface area contributed by atoms with Crippen LogP contribution in [0.4, 0.5) is 0 Å². The highest BCUT2D eigenvalue weighted by molar-refractivity contribution is 5.93. The van der Waals surface area contributed by atoms with Gasteiger partial charge in [-0.1, -0.05) is 31.4 Å². The van der Waals surface area contributed by atoms with E-state index in [0.717, 1.165) is 31.5 Å². The molecular weight excluding hydrogens is 306 g/mol. The van der Waals surface area contributed by atoms with Crippen LogP contribution in [-0.4, -0.2) is 52.3 Å². The van der Waals surface area contributed by atoms with Gasteiger partial charge >= 0.3 is 5.97 Å². The molecule has 1 fully saturated rings. The van der Waals surface area contributed by atoms with Gasteiger partial charge in [0.25, 0.3) is 0 Å². The number of rotatable bonds is 4. The Morgan fingerprint density at radius 2 is 1.92 bits per heavy atom. The molecule has 0 spiro atoms. The molecule has 0 amide bonds. The predicted octanol–water partition coefficient (Wildman–Crippen LogP) is 2.17. The molecule has 0 atom stereocenters. The van der Waals surface area contributed by atoms with E-state index >= 15 is 0 Å². The Hall–Kier alpha value is -2.28. The fourth-order valence-corrected chi connectivity index (χ4v) is 3.59. The average Bonchev–Trinajstić information content (AvgIpc) is 3.11. The van der Waals surface area contributed by atoms with E-state index in [-0.39, 0.29) is 5.54 Å². The Labute approximate surface area is 141 Å². The number of ether oxygens (including phenoxy) is 1. The number of hydrogen-bond donors (Lipinski definition) is 0. The highest BCUT2D eigenvalue weighted by Crippen LogP contribution is 2.40. The van der Waals surface area contributed by atoms with Crippen molar-refractivity contribution in [3.8, 4) is 5.69 Å². The summed E-state index contributed by atoms with van der Waals surface area (Å²) in [6, 6.07) is 7.26. The summed E-state index contributed by atoms with van der Waals surface area (Å²) in [5.41, 5.74) is 0.889. The molecule has 24 heavy (non-hydrogen) atoms. The van der Waals surface area contributed by atoms with Gasteiger partial charge in [0.1, 0.15) is 0 Å². The molecule has 128 valence electrons. The lowest BCUT2D eigenvalue weighted by molar-refractivity contribution is 0.0599. The number of esters is 1. The Morgan fingerprint density at radius 1 is 1.21 bits per heavy atom. The first-order chi connectivity index (χ1) is 11.6. The van der Waals surface area contributed by atoms with Gasteiger partial charge < -0.3 is 4.74 Å². The van der Waals surface area contributed by atoms with E-state index in [1.54, 1.807) is 10.7 Å². The summed E-state index contributed by atoms with van der Waals surface area (Å²) in [4.78, 5) is 14.3. The Morgan fingerprint density at radius 3 is 2.58 bits per heavy atom. The summed E-state index contributed by atoms with van der Waals surface area (Å²) in [6.07, 6.45) is 5.52. The van der Waals surface area contributed by atoms with Crippen molar-refractivity contribution < 1.29 is 9.53 Å². The van der Waals surface area contributed by atoms with Crippen molar-refractivity contribution in [2.75, 3.05) is 21.2 Å². The van der Waals surface area contributed by atoms with Gasteiger partial charge in [-0.25, -0.2) is 4.79 Å². The van der Waals surface area contributed by atoms with Crippen molar-refractivity contribution >= 4 is 5.97 Å². The van der Waals surface area contributed by atoms with Gasteiger partial charge in [0.15, 0.2) is 5.82 Å². The quantitative estimate of drug-likeness (QED) is 0.801. The molecule has 7 nitrogen and oxygen atoms in total. The number of methoxy groups -OCH3 is 1. The normalized spacial score (nSPS) is 17.0. The predicted molar refractivity (Wildman–Crippen MR) is 88.9 cm³/mol. The van der Waals surface area contributed by atoms with Gasteiger partial charge in [-0.15, -0.1) is 5.10 Å². The Balaban J connectivity index is 2.13. The first-order valence-electron chi connectivity index (χ1n) is 8.24. The number of benzene rings is 1. The highest BCUT2D eigenvalue weighted by Gasteiger charge is 2.41. The van der Waals surface area contributed by atoms with Crippen LogP contribution >= 0.6 is 0 Å². The van der Waals surface area contributed by atoms with Gasteiger partial charge in [-0.05, 0) is 49.5 Å². The van der Waals surface area contributed by atoms with E-state index in [1.165, 1.54) is 13.5 Å². The van der Waals surface area contributed by atoms with Crippen LogP contribution in [0.1, 0.15) is 48.3 Å². The molecule has 3 rings (SSSR count). The first kappa shape index (κ1) is 16.6. The van der Waals surface area contributed by atoms with Gasteiger partial charge in [0.2, 0.25) is 0 Å². The number of tetrazole rings is 1. The van der Waals surface area contributed by atoms with Gasteiger partial charge in [0.05, 0.1) is 23.9 Å². The summed E-state index contributed by atoms with van der Waals surface area (Å²) < 4.78 is 6.59. The molecule has 1 aromatic carbocycles. The van der Waals surface area contributed by atoms with Crippen molar-refractivity contribution in [3.05, 3.63) is 35.7 Å². The van der Waals surface area contributed by atoms with Crippen molar-refractivity contribution in [2.45, 2.75) is 37.6 Å². The van der Waals surface area contributed by atoms with E-state index < -0.39 is 5.97 Å². The largest absolute Gasteiger partial charge is 0.465 e. The minimum atomic E-state index is -0.394. The summed E-state index contributed by atoms with van der Waals surface area (Å²) in [5.74, 6) is 0.387. The topological polar surface area (TPSA) is 73.1 Å². The number of carbonyl (C=O) groups excluding carboxylic acids is 1. The molecule has 1 aromatic heterocycles. The van der Waals surface area contributed by atoms with E-state index in [2.05, 4.69) is 34.5 Å². The third-order valence-electron chi connectivity index (χ3n) is 4.96. The van der Waals surface area contributed by atoms with Crippen LogP contribution in [0.5, 0.6) is 0 Å². The maximum Gasteiger partial charge on any atom is 0.340 e. The lowest BCUT2D eigenvalue weighted by Gasteiger charge is -2.41. The molecule has 0 saturated heterocycles. The number of para-hydroxylation sites is 1. The molecule has 0 N–H and O–H groups in total. The van der Waals surface area contributed by atoms with Crippen LogP contribution in [0, 0.1) is 0 Å². The minimum absolute atomic E-state index is 0.217. The zero-order chi connectivity index (χ0) is 17.2. The monoisotopic (exact) mass is 329 g/mol. The second-order valence-corrected chi connectivity index (χ2v) is 6.41. The van der Waals surface area contributed by atoms with Crippen molar-refractivity contribution in [2.24, 2.45) is 0 Å². The van der Waals surface area contributed by atoms with E-state index in [0.29, 0.717) is 11.3 Å². The van der Waals surface area contributed by atoms with Crippen LogP contribution in [0.25, 0.3) is 5.69 Å². The fourth-order valence-electron chi connectivity index (χ4n) is 3.59. The molecule has 2 aromatic rings. The molecule has 7 heteroatoms. The minimum Gasteiger partial charge on any atom is -0.465 e. The molecule has 1 aliphatic rings. The molecule has 1 saturated carbocycles. The Bertz CT molecular complexity index is 719. The van der Waals surface area contributed by atoms with Crippen LogP contribution < -0.4 is 0 Å². The summed E-state index contributed by atoms with van der Waals surface area (Å²) in [5, 5.41) is 12.4. The van der Waals surface area contributed by atoms with Crippen LogP contribution in [0.15, 0.2) is 24.3 Å². The van der Waals surface area contributed by atoms with Crippen LogP contribution in [-0.2, 0) is 10.3 Å². The van der Waals surface area contributed by atoms with Gasteiger partial charge in [-0.3, -0.25) is 4.90 Å². The van der Waals surface area contributed by atoms with Crippen LogP contribution in [0.2, 0.25) is 0 Å². The maximum atomic E-state index is 12.1. The summed E-state index contributed by atoms with van der Waals surface area (Å²) in [7, 11) is 5.51. The third-order valence-corrected chi connectivity index (χ3v) is 4.96. The van der Waals surface area contributed by atoms with Crippen molar-refractivity contribution in [3.63, 3.8) is 0 Å². The molecule has 0 unspecified atom stereocenters. The summed E-state index contributed by atoms with van der Waals surface area (Å²) >= 11 is 0. The number of hydrogen-bond acceptors (Lipinski definition) is 6. The second kappa shape index (κ2) is 6.68. The number of carbonyl (C=O) groups is 1. The van der Waals surface area contributed by atoms with E-state index in [9.17, 15) is 4.79 Å². The third kappa shape index (κ3) is 2.69. The molecular formula is C17H23N5O2. The first-order valence-corrected chi connectivity index (χ1v) is 8.24. The zero-order valence-electron chi connectivity index (χ0n) is 14.4. The van der Waals surface area contributed by atoms with Gasteiger partial charge in [0, 0.05) is 0 Å². The fraction of sp³-hybridized carbons (Fsp3) is 0.529. The van der Waals surface area contributed by atoms with Gasteiger partial charge in [-0.2, -0.15) is 4.68 Å². The summed E-state index contributed by atoms with van der Waals surface area (Å²) in [6.45, 7) is 0. The smallest absolute Gasteiger partial charge is 0.340 e. The maximum absolute atomic E-state index is 12.1. The number of aromatic nitrogens is 4. The zero-order valence-corrected chi connectivity index (χ0v) is 14.4. The lowest BCUT2D eigenvalue weighted by Crippen LogP contribution is -2.45. The lowest BCUT2D eigenvalue weighted by atomic mass is 9.80. The average molecular weight is 329 g/mol. The van der Waals surface area contributed by atoms with Crippen molar-refractivity contribution in [1.82, 2.24) is 25.1 Å². The molecule has 0 bridgehead atoms. The second-order valence-electron chi connectivity index (χ2n) is 6.41. The van der Waals surface area contributed by atoms with Crippen LogP contribution in [0.3, 0.4) is 0 Å². The number of nitrogens with zero attached hydrogens (tertiary/aromatic N) is 5. The highest BCUT2D eigenvalue weighted by atomic mass is 16.5. The molecule has 1 heterocycles. The molecule has 0 radical (unpaired) electrons. The standard InChI is InChI=1S/C17H23N5O2/c1-21(2)17(11-7-4-8-12-17)16-18-19-20-22(16)14-10-6-5-9-13(14)15(23)24-3/h5-6,9-10H,4,7-8,11-12H2,1-3H3. The van der Waals surface area contributed by atoms with Crippen molar-refractivity contribution in [1.29, 1.82) is 0 Å².